The minimum absolute atomic E-state index is 0.139. The highest BCUT2D eigenvalue weighted by Gasteiger charge is 2.62. The van der Waals surface area contributed by atoms with Crippen LogP contribution in [0, 0.1) is 46.3 Å². The summed E-state index contributed by atoms with van der Waals surface area (Å²) >= 11 is 0. The SMILES string of the molecule is COC(=O)CC[C@@H](C)[C@H]1CCC2C3C(O)C[C@@H]4C[C@H](O)C(F)=C[C@]4(C)C3CC[C@@]21C. The summed E-state index contributed by atoms with van der Waals surface area (Å²) in [6, 6.07) is 0. The van der Waals surface area contributed by atoms with Gasteiger partial charge in [-0.2, -0.15) is 0 Å². The lowest BCUT2D eigenvalue weighted by Crippen LogP contribution is -2.58. The van der Waals surface area contributed by atoms with Crippen LogP contribution in [0.5, 0.6) is 0 Å². The van der Waals surface area contributed by atoms with Crippen LogP contribution < -0.4 is 0 Å². The normalized spacial score (nSPS) is 48.8. The first kappa shape index (κ1) is 22.3. The Morgan fingerprint density at radius 1 is 1.23 bits per heavy atom. The van der Waals surface area contributed by atoms with E-state index in [4.69, 9.17) is 4.74 Å². The highest BCUT2D eigenvalue weighted by molar-refractivity contribution is 5.69. The quantitative estimate of drug-likeness (QED) is 0.648. The molecule has 0 bridgehead atoms. The zero-order chi connectivity index (χ0) is 21.8. The van der Waals surface area contributed by atoms with Crippen molar-refractivity contribution in [2.24, 2.45) is 46.3 Å². The van der Waals surface area contributed by atoms with Crippen molar-refractivity contribution in [3.05, 3.63) is 11.9 Å². The maximum atomic E-state index is 14.5. The lowest BCUT2D eigenvalue weighted by atomic mass is 9.44. The van der Waals surface area contributed by atoms with E-state index in [9.17, 15) is 19.4 Å². The van der Waals surface area contributed by atoms with Gasteiger partial charge in [0.15, 0.2) is 0 Å². The number of hydrogen-bond donors (Lipinski definition) is 2. The number of allylic oxidation sites excluding steroid dienone is 1. The van der Waals surface area contributed by atoms with Gasteiger partial charge in [-0.15, -0.1) is 0 Å². The topological polar surface area (TPSA) is 66.8 Å². The monoisotopic (exact) mass is 422 g/mol. The lowest BCUT2D eigenvalue weighted by Gasteiger charge is -2.61. The summed E-state index contributed by atoms with van der Waals surface area (Å²) in [6.07, 6.45) is 7.08. The van der Waals surface area contributed by atoms with Crippen molar-refractivity contribution in [2.75, 3.05) is 7.11 Å². The molecule has 0 spiro atoms. The molecule has 3 saturated carbocycles. The van der Waals surface area contributed by atoms with Crippen LogP contribution in [0.25, 0.3) is 0 Å². The van der Waals surface area contributed by atoms with E-state index in [1.165, 1.54) is 7.11 Å². The third-order valence-electron chi connectivity index (χ3n) is 10.0. The van der Waals surface area contributed by atoms with Gasteiger partial charge in [-0.05, 0) is 97.4 Å². The van der Waals surface area contributed by atoms with Gasteiger partial charge in [-0.3, -0.25) is 4.79 Å². The Labute approximate surface area is 180 Å². The Bertz CT molecular complexity index is 707. The van der Waals surface area contributed by atoms with E-state index >= 15 is 0 Å². The second-order valence-electron chi connectivity index (χ2n) is 11.3. The molecular formula is C25H39FO4. The van der Waals surface area contributed by atoms with Crippen LogP contribution in [0.2, 0.25) is 0 Å². The largest absolute Gasteiger partial charge is 0.469 e. The molecule has 3 fully saturated rings. The number of esters is 1. The molecule has 4 aliphatic carbocycles. The van der Waals surface area contributed by atoms with E-state index in [2.05, 4.69) is 20.8 Å². The summed E-state index contributed by atoms with van der Waals surface area (Å²) in [4.78, 5) is 11.6. The Balaban J connectivity index is 1.57. The number of hydrogen-bond acceptors (Lipinski definition) is 4. The molecule has 4 unspecified atom stereocenters. The number of rotatable bonds is 4. The standard InChI is InChI=1S/C25H39FO4/c1-14(5-8-22(29)30-4)16-6-7-17-23-18(9-10-24(16,17)2)25(3)13-19(26)20(27)11-15(25)12-21(23)28/h13-18,20-21,23,27-28H,5-12H2,1-4H3/t14-,15+,16-,17?,18?,20+,21?,23?,24-,25+/m1/s1. The lowest BCUT2D eigenvalue weighted by molar-refractivity contribution is -0.149. The van der Waals surface area contributed by atoms with Gasteiger partial charge >= 0.3 is 5.97 Å². The van der Waals surface area contributed by atoms with Crippen LogP contribution in [0.3, 0.4) is 0 Å². The maximum Gasteiger partial charge on any atom is 0.305 e. The molecule has 0 aromatic rings. The molecule has 30 heavy (non-hydrogen) atoms. The highest BCUT2D eigenvalue weighted by atomic mass is 19.1. The number of carbonyl (C=O) groups excluding carboxylic acids is 1. The fourth-order valence-corrected chi connectivity index (χ4v) is 8.44. The Hall–Kier alpha value is -0.940. The van der Waals surface area contributed by atoms with E-state index in [1.54, 1.807) is 6.08 Å². The van der Waals surface area contributed by atoms with Crippen LogP contribution >= 0.6 is 0 Å². The molecule has 0 saturated heterocycles. The van der Waals surface area contributed by atoms with Crippen molar-refractivity contribution < 1.29 is 24.1 Å². The summed E-state index contributed by atoms with van der Waals surface area (Å²) in [7, 11) is 1.45. The summed E-state index contributed by atoms with van der Waals surface area (Å²) in [5, 5.41) is 21.3. The van der Waals surface area contributed by atoms with Crippen molar-refractivity contribution in [3.8, 4) is 0 Å². The Kier molecular flexibility index (Phi) is 5.85. The molecular weight excluding hydrogens is 383 g/mol. The average Bonchev–Trinajstić information content (AvgIpc) is 3.05. The van der Waals surface area contributed by atoms with Gasteiger partial charge in [-0.25, -0.2) is 4.39 Å². The van der Waals surface area contributed by atoms with Gasteiger partial charge < -0.3 is 14.9 Å². The summed E-state index contributed by atoms with van der Waals surface area (Å²) < 4.78 is 19.3. The molecule has 0 aromatic heterocycles. The second kappa shape index (κ2) is 7.88. The maximum absolute atomic E-state index is 14.5. The summed E-state index contributed by atoms with van der Waals surface area (Å²) in [5.41, 5.74) is -0.111. The average molecular weight is 423 g/mol. The van der Waals surface area contributed by atoms with Crippen LogP contribution in [0.1, 0.15) is 72.1 Å². The number of methoxy groups -OCH3 is 1. The van der Waals surface area contributed by atoms with Crippen LogP contribution in [0.15, 0.2) is 11.9 Å². The molecule has 170 valence electrons. The molecule has 4 nitrogen and oxygen atoms in total. The third kappa shape index (κ3) is 3.35. The van der Waals surface area contributed by atoms with Crippen molar-refractivity contribution >= 4 is 5.97 Å². The van der Waals surface area contributed by atoms with E-state index < -0.39 is 6.10 Å². The fraction of sp³-hybridized carbons (Fsp3) is 0.880. The van der Waals surface area contributed by atoms with Crippen LogP contribution in [-0.4, -0.2) is 35.5 Å². The van der Waals surface area contributed by atoms with Crippen LogP contribution in [-0.2, 0) is 9.53 Å². The van der Waals surface area contributed by atoms with E-state index in [-0.39, 0.29) is 46.5 Å². The van der Waals surface area contributed by atoms with Gasteiger partial charge in [0.1, 0.15) is 11.9 Å². The first-order valence-electron chi connectivity index (χ1n) is 11.9. The number of ether oxygens (including phenoxy) is 1. The number of aliphatic hydroxyl groups excluding tert-OH is 2. The molecule has 0 amide bonds. The predicted molar refractivity (Wildman–Crippen MR) is 113 cm³/mol. The fourth-order valence-electron chi connectivity index (χ4n) is 8.44. The summed E-state index contributed by atoms with van der Waals surface area (Å²) in [6.45, 7) is 6.84. The van der Waals surface area contributed by atoms with Gasteiger partial charge in [0.25, 0.3) is 0 Å². The van der Waals surface area contributed by atoms with E-state index in [0.717, 1.165) is 32.1 Å². The van der Waals surface area contributed by atoms with Crippen LogP contribution in [0.4, 0.5) is 4.39 Å². The van der Waals surface area contributed by atoms with Crippen molar-refractivity contribution in [1.82, 2.24) is 0 Å². The molecule has 4 rings (SSSR count). The summed E-state index contributed by atoms with van der Waals surface area (Å²) in [5.74, 6) is 1.53. The molecule has 2 N–H and O–H groups in total. The molecule has 0 radical (unpaired) electrons. The number of fused-ring (bicyclic) bond motifs is 5. The smallest absolute Gasteiger partial charge is 0.305 e. The number of aliphatic hydroxyl groups is 2. The predicted octanol–water partition coefficient (Wildman–Crippen LogP) is 4.64. The van der Waals surface area contributed by atoms with Gasteiger partial charge in [0.05, 0.1) is 13.2 Å². The van der Waals surface area contributed by atoms with E-state index in [0.29, 0.717) is 37.0 Å². The first-order valence-corrected chi connectivity index (χ1v) is 11.9. The highest BCUT2D eigenvalue weighted by Crippen LogP contribution is 2.68. The van der Waals surface area contributed by atoms with E-state index in [1.807, 2.05) is 0 Å². The van der Waals surface area contributed by atoms with Crippen molar-refractivity contribution in [3.63, 3.8) is 0 Å². The van der Waals surface area contributed by atoms with Gasteiger partial charge in [0, 0.05) is 6.42 Å². The minimum atomic E-state index is -1.01. The molecule has 0 aliphatic heterocycles. The van der Waals surface area contributed by atoms with Crippen molar-refractivity contribution in [1.29, 1.82) is 0 Å². The molecule has 0 heterocycles. The number of halogens is 1. The van der Waals surface area contributed by atoms with Gasteiger partial charge in [0.2, 0.25) is 0 Å². The molecule has 10 atom stereocenters. The Morgan fingerprint density at radius 2 is 1.97 bits per heavy atom. The number of carbonyl (C=O) groups is 1. The van der Waals surface area contributed by atoms with Crippen molar-refractivity contribution in [2.45, 2.75) is 84.3 Å². The minimum Gasteiger partial charge on any atom is -0.469 e. The first-order chi connectivity index (χ1) is 14.1. The molecule has 0 aromatic carbocycles. The second-order valence-corrected chi connectivity index (χ2v) is 11.3. The Morgan fingerprint density at radius 3 is 2.67 bits per heavy atom. The molecule has 4 aliphatic rings. The zero-order valence-corrected chi connectivity index (χ0v) is 18.9. The van der Waals surface area contributed by atoms with Gasteiger partial charge in [-0.1, -0.05) is 20.8 Å². The third-order valence-corrected chi connectivity index (χ3v) is 10.0. The zero-order valence-electron chi connectivity index (χ0n) is 18.9. The molecule has 5 heteroatoms.